The third-order valence-corrected chi connectivity index (χ3v) is 2.32. The van der Waals surface area contributed by atoms with E-state index in [0.29, 0.717) is 5.02 Å². The first-order valence-corrected chi connectivity index (χ1v) is 5.02. The van der Waals surface area contributed by atoms with Crippen molar-refractivity contribution < 1.29 is 17.7 Å². The molecule has 7 heteroatoms. The first kappa shape index (κ1) is 13.3. The van der Waals surface area contributed by atoms with Gasteiger partial charge in [0.15, 0.2) is 0 Å². The number of hydrogen-bond acceptors (Lipinski definition) is 1. The molecule has 88 valence electrons. The van der Waals surface area contributed by atoms with Gasteiger partial charge in [0.1, 0.15) is 5.75 Å². The minimum Gasteiger partial charge on any atom is -0.491 e. The molecule has 0 radical (unpaired) electrons. The molecule has 1 aromatic rings. The van der Waals surface area contributed by atoms with Crippen LogP contribution in [0, 0.1) is 0 Å². The van der Waals surface area contributed by atoms with Gasteiger partial charge in [-0.15, -0.1) is 12.1 Å². The monoisotopic (exact) mass is 269 g/mol. The van der Waals surface area contributed by atoms with E-state index in [1.54, 1.807) is 0 Å². The summed E-state index contributed by atoms with van der Waals surface area (Å²) in [5.41, 5.74) is -0.920. The van der Waals surface area contributed by atoms with E-state index in [1.165, 1.54) is 18.2 Å². The van der Waals surface area contributed by atoms with Gasteiger partial charge in [-0.25, -0.2) is 0 Å². The fourth-order valence-electron chi connectivity index (χ4n) is 0.853. The summed E-state index contributed by atoms with van der Waals surface area (Å²) in [6, 6.07) is 4.31. The van der Waals surface area contributed by atoms with E-state index in [9.17, 15) is 12.9 Å². The molecule has 1 nitrogen and oxygen atoms in total. The third-order valence-electron chi connectivity index (χ3n) is 1.77. The molecule has 0 fully saturated rings. The van der Waals surface area contributed by atoms with Crippen LogP contribution in [0.3, 0.4) is 0 Å². The Morgan fingerprint density at radius 3 is 2.50 bits per heavy atom. The standard InChI is InChI=1S/C9H7BCl2F3O/c1-6(10(13,14)15)5-16-9-4-7(11)2-3-8(9)12/h2-4H,1,5H2/q-1. The molecular weight excluding hydrogens is 263 g/mol. The smallest absolute Gasteiger partial charge is 0.491 e. The van der Waals surface area contributed by atoms with Gasteiger partial charge in [0.25, 0.3) is 0 Å². The number of benzene rings is 1. The van der Waals surface area contributed by atoms with Crippen LogP contribution in [-0.2, 0) is 0 Å². The summed E-state index contributed by atoms with van der Waals surface area (Å²) in [5, 5.41) is 0.536. The maximum Gasteiger partial charge on any atom is 0.508 e. The van der Waals surface area contributed by atoms with Crippen LogP contribution in [0.15, 0.2) is 30.3 Å². The van der Waals surface area contributed by atoms with E-state index < -0.39 is 19.1 Å². The molecule has 0 aliphatic heterocycles. The molecule has 0 atom stereocenters. The van der Waals surface area contributed by atoms with Gasteiger partial charge in [-0.1, -0.05) is 23.2 Å². The normalized spacial score (nSPS) is 11.3. The van der Waals surface area contributed by atoms with Crippen molar-refractivity contribution in [1.29, 1.82) is 0 Å². The minimum absolute atomic E-state index is 0.107. The Morgan fingerprint density at radius 1 is 1.31 bits per heavy atom. The Bertz CT molecular complexity index is 406. The number of ether oxygens (including phenoxy) is 1. The van der Waals surface area contributed by atoms with Crippen molar-refractivity contribution in [3.8, 4) is 5.75 Å². The summed E-state index contributed by atoms with van der Waals surface area (Å²) in [5.74, 6) is 0.107. The summed E-state index contributed by atoms with van der Waals surface area (Å²) in [6.45, 7) is -2.84. The van der Waals surface area contributed by atoms with Crippen LogP contribution in [0.25, 0.3) is 0 Å². The van der Waals surface area contributed by atoms with Crippen molar-refractivity contribution in [1.82, 2.24) is 0 Å². The zero-order chi connectivity index (χ0) is 12.3. The van der Waals surface area contributed by atoms with E-state index in [0.717, 1.165) is 0 Å². The van der Waals surface area contributed by atoms with Crippen LogP contribution >= 0.6 is 23.2 Å². The zero-order valence-corrected chi connectivity index (χ0v) is 9.53. The highest BCUT2D eigenvalue weighted by molar-refractivity contribution is 6.66. The molecule has 0 saturated heterocycles. The van der Waals surface area contributed by atoms with Crippen molar-refractivity contribution >= 4 is 30.2 Å². The van der Waals surface area contributed by atoms with E-state index in [1.807, 2.05) is 0 Å². The second kappa shape index (κ2) is 5.02. The Morgan fingerprint density at radius 2 is 1.94 bits per heavy atom. The largest absolute Gasteiger partial charge is 0.508 e. The second-order valence-electron chi connectivity index (χ2n) is 3.10. The van der Waals surface area contributed by atoms with E-state index in [2.05, 4.69) is 6.58 Å². The Hall–Kier alpha value is -0.805. The van der Waals surface area contributed by atoms with Gasteiger partial charge in [0, 0.05) is 11.1 Å². The van der Waals surface area contributed by atoms with Crippen LogP contribution in [0.5, 0.6) is 5.75 Å². The lowest BCUT2D eigenvalue weighted by molar-refractivity contribution is 0.347. The molecule has 0 amide bonds. The number of halogens is 5. The lowest BCUT2D eigenvalue weighted by Gasteiger charge is -2.18. The summed E-state index contributed by atoms with van der Waals surface area (Å²) >= 11 is 11.3. The second-order valence-corrected chi connectivity index (χ2v) is 3.94. The minimum atomic E-state index is -5.09. The maximum absolute atomic E-state index is 12.2. The van der Waals surface area contributed by atoms with E-state index in [4.69, 9.17) is 27.9 Å². The zero-order valence-electron chi connectivity index (χ0n) is 8.02. The van der Waals surface area contributed by atoms with Crippen LogP contribution in [0.2, 0.25) is 10.0 Å². The van der Waals surface area contributed by atoms with Gasteiger partial charge < -0.3 is 17.7 Å². The predicted octanol–water partition coefficient (Wildman–Crippen LogP) is 4.32. The van der Waals surface area contributed by atoms with E-state index >= 15 is 0 Å². The van der Waals surface area contributed by atoms with Gasteiger partial charge in [0.2, 0.25) is 0 Å². The molecule has 1 rings (SSSR count). The van der Waals surface area contributed by atoms with Crippen molar-refractivity contribution in [3.05, 3.63) is 40.3 Å². The van der Waals surface area contributed by atoms with Crippen molar-refractivity contribution in [2.75, 3.05) is 6.61 Å². The number of rotatable bonds is 4. The topological polar surface area (TPSA) is 9.23 Å². The molecule has 0 spiro atoms. The SMILES string of the molecule is C=C(COc1cc(Cl)ccc1Cl)[B-](F)(F)F. The van der Waals surface area contributed by atoms with Gasteiger partial charge in [0.05, 0.1) is 11.6 Å². The van der Waals surface area contributed by atoms with Crippen LogP contribution < -0.4 is 4.74 Å². The molecule has 0 aliphatic carbocycles. The predicted molar refractivity (Wildman–Crippen MR) is 60.2 cm³/mol. The molecule has 0 aliphatic rings. The lowest BCUT2D eigenvalue weighted by atomic mass is 9.81. The quantitative estimate of drug-likeness (QED) is 0.740. The van der Waals surface area contributed by atoms with Gasteiger partial charge in [-0.05, 0) is 12.1 Å². The maximum atomic E-state index is 12.2. The molecular formula is C9H7BCl2F3O-. The first-order chi connectivity index (χ1) is 7.30. The highest BCUT2D eigenvalue weighted by Crippen LogP contribution is 2.28. The molecule has 16 heavy (non-hydrogen) atoms. The molecule has 0 saturated carbocycles. The van der Waals surface area contributed by atoms with Crippen molar-refractivity contribution in [2.24, 2.45) is 0 Å². The molecule has 1 aromatic carbocycles. The van der Waals surface area contributed by atoms with E-state index in [-0.39, 0.29) is 10.8 Å². The summed E-state index contributed by atoms with van der Waals surface area (Å²) < 4.78 is 41.4. The lowest BCUT2D eigenvalue weighted by Crippen LogP contribution is -2.23. The van der Waals surface area contributed by atoms with Crippen molar-refractivity contribution in [2.45, 2.75) is 0 Å². The number of hydrogen-bond donors (Lipinski definition) is 0. The Balaban J connectivity index is 2.68. The summed E-state index contributed by atoms with van der Waals surface area (Å²) in [7, 11) is 0. The molecule has 0 bridgehead atoms. The Kier molecular flexibility index (Phi) is 4.16. The first-order valence-electron chi connectivity index (χ1n) is 4.26. The van der Waals surface area contributed by atoms with Crippen LogP contribution in [0.4, 0.5) is 12.9 Å². The van der Waals surface area contributed by atoms with Crippen molar-refractivity contribution in [3.63, 3.8) is 0 Å². The van der Waals surface area contributed by atoms with Crippen LogP contribution in [0.1, 0.15) is 0 Å². The molecule has 0 heterocycles. The fourth-order valence-corrected chi connectivity index (χ4v) is 1.19. The van der Waals surface area contributed by atoms with Crippen LogP contribution in [-0.4, -0.2) is 13.6 Å². The van der Waals surface area contributed by atoms with Gasteiger partial charge in [-0.2, -0.15) is 0 Å². The van der Waals surface area contributed by atoms with Gasteiger partial charge >= 0.3 is 6.98 Å². The van der Waals surface area contributed by atoms with Gasteiger partial charge in [-0.3, -0.25) is 0 Å². The Labute approximate surface area is 101 Å². The fraction of sp³-hybridized carbons (Fsp3) is 0.111. The average Bonchev–Trinajstić information content (AvgIpc) is 2.17. The summed E-state index contributed by atoms with van der Waals surface area (Å²) in [4.78, 5) is 0. The molecule has 0 unspecified atom stereocenters. The third kappa shape index (κ3) is 3.65. The summed E-state index contributed by atoms with van der Waals surface area (Å²) in [6.07, 6.45) is 0. The highest BCUT2D eigenvalue weighted by Gasteiger charge is 2.27. The molecule has 0 N–H and O–H groups in total. The highest BCUT2D eigenvalue weighted by atomic mass is 35.5. The molecule has 0 aromatic heterocycles. The average molecular weight is 270 g/mol.